The van der Waals surface area contributed by atoms with Crippen molar-refractivity contribution in [2.24, 2.45) is 5.92 Å². The maximum Gasteiger partial charge on any atom is 0.315 e. The zero-order chi connectivity index (χ0) is 18.9. The fraction of sp³-hybridized carbons (Fsp3) is 0.130. The van der Waals surface area contributed by atoms with E-state index in [-0.39, 0.29) is 12.0 Å². The first-order chi connectivity index (χ1) is 13.3. The van der Waals surface area contributed by atoms with Crippen molar-refractivity contribution in [1.82, 2.24) is 4.98 Å². The van der Waals surface area contributed by atoms with E-state index in [9.17, 15) is 4.79 Å². The smallest absolute Gasteiger partial charge is 0.315 e. The molecule has 0 radical (unpaired) electrons. The molecule has 0 fully saturated rings. The van der Waals surface area contributed by atoms with Crippen LogP contribution in [0.2, 0.25) is 0 Å². The van der Waals surface area contributed by atoms with Crippen LogP contribution in [0.3, 0.4) is 0 Å². The zero-order valence-corrected chi connectivity index (χ0v) is 15.2. The molecule has 0 aliphatic rings. The third kappa shape index (κ3) is 5.05. The van der Waals surface area contributed by atoms with E-state index in [1.165, 1.54) is 7.11 Å². The third-order valence-electron chi connectivity index (χ3n) is 4.23. The van der Waals surface area contributed by atoms with E-state index in [4.69, 9.17) is 4.74 Å². The van der Waals surface area contributed by atoms with Gasteiger partial charge in [-0.15, -0.1) is 0 Å². The van der Waals surface area contributed by atoms with Crippen molar-refractivity contribution >= 4 is 17.7 Å². The van der Waals surface area contributed by atoms with E-state index in [2.05, 4.69) is 10.3 Å². The normalized spacial score (nSPS) is 13.1. The maximum atomic E-state index is 12.6. The van der Waals surface area contributed by atoms with E-state index in [0.717, 1.165) is 16.9 Å². The van der Waals surface area contributed by atoms with Crippen LogP contribution in [0.25, 0.3) is 6.08 Å². The SMILES string of the molecule is COC(=O)C(/C=C/c1ccccc1)C(Nc1ccccc1)c1ccccn1. The second-order valence-electron chi connectivity index (χ2n) is 6.06. The van der Waals surface area contributed by atoms with Crippen LogP contribution >= 0.6 is 0 Å². The quantitative estimate of drug-likeness (QED) is 0.620. The number of para-hydroxylation sites is 1. The van der Waals surface area contributed by atoms with Crippen LogP contribution in [0.15, 0.2) is 91.1 Å². The summed E-state index contributed by atoms with van der Waals surface area (Å²) in [6.45, 7) is 0. The predicted molar refractivity (Wildman–Crippen MR) is 108 cm³/mol. The molecular formula is C23H22N2O2. The summed E-state index contributed by atoms with van der Waals surface area (Å²) in [5.41, 5.74) is 2.70. The summed E-state index contributed by atoms with van der Waals surface area (Å²) in [7, 11) is 1.41. The van der Waals surface area contributed by atoms with Crippen molar-refractivity contribution in [3.8, 4) is 0 Å². The fourth-order valence-electron chi connectivity index (χ4n) is 2.86. The minimum atomic E-state index is -0.537. The van der Waals surface area contributed by atoms with E-state index in [1.807, 2.05) is 91.0 Å². The molecule has 4 nitrogen and oxygen atoms in total. The summed E-state index contributed by atoms with van der Waals surface area (Å²) in [4.78, 5) is 17.1. The first-order valence-electron chi connectivity index (χ1n) is 8.81. The summed E-state index contributed by atoms with van der Waals surface area (Å²) in [5, 5.41) is 3.43. The van der Waals surface area contributed by atoms with Crippen LogP contribution < -0.4 is 5.32 Å². The molecule has 2 aromatic carbocycles. The molecule has 27 heavy (non-hydrogen) atoms. The molecule has 0 aliphatic heterocycles. The van der Waals surface area contributed by atoms with E-state index in [0.29, 0.717) is 0 Å². The van der Waals surface area contributed by atoms with Crippen LogP contribution in [0, 0.1) is 5.92 Å². The van der Waals surface area contributed by atoms with Gasteiger partial charge >= 0.3 is 5.97 Å². The number of hydrogen-bond acceptors (Lipinski definition) is 4. The average Bonchev–Trinajstić information content (AvgIpc) is 2.75. The van der Waals surface area contributed by atoms with Gasteiger partial charge in [0.1, 0.15) is 5.92 Å². The highest BCUT2D eigenvalue weighted by Gasteiger charge is 2.29. The number of aromatic nitrogens is 1. The zero-order valence-electron chi connectivity index (χ0n) is 15.2. The standard InChI is InChI=1S/C23H22N2O2/c1-27-23(26)20(16-15-18-10-4-2-5-11-18)22(21-14-8-9-17-24-21)25-19-12-6-3-7-13-19/h2-17,20,22,25H,1H3/b16-15+. The number of benzene rings is 2. The Kier molecular flexibility index (Phi) is 6.36. The number of esters is 1. The van der Waals surface area contributed by atoms with Gasteiger partial charge < -0.3 is 10.1 Å². The number of nitrogens with one attached hydrogen (secondary N) is 1. The van der Waals surface area contributed by atoms with Crippen molar-refractivity contribution < 1.29 is 9.53 Å². The topological polar surface area (TPSA) is 51.2 Å². The molecule has 3 rings (SSSR count). The molecule has 0 bridgehead atoms. The van der Waals surface area contributed by atoms with Gasteiger partial charge in [0.15, 0.2) is 0 Å². The Bertz CT molecular complexity index is 865. The lowest BCUT2D eigenvalue weighted by Crippen LogP contribution is -2.28. The number of carbonyl (C=O) groups excluding carboxylic acids is 1. The van der Waals surface area contributed by atoms with Crippen molar-refractivity contribution in [3.63, 3.8) is 0 Å². The maximum absolute atomic E-state index is 12.6. The summed E-state index contributed by atoms with van der Waals surface area (Å²) in [5.74, 6) is -0.855. The molecule has 3 aromatic rings. The molecule has 2 atom stereocenters. The number of hydrogen-bond donors (Lipinski definition) is 1. The number of methoxy groups -OCH3 is 1. The second kappa shape index (κ2) is 9.34. The summed E-state index contributed by atoms with van der Waals surface area (Å²) < 4.78 is 5.08. The molecule has 0 saturated carbocycles. The number of pyridine rings is 1. The lowest BCUT2D eigenvalue weighted by atomic mass is 9.94. The highest BCUT2D eigenvalue weighted by Crippen LogP contribution is 2.28. The molecule has 4 heteroatoms. The average molecular weight is 358 g/mol. The van der Waals surface area contributed by atoms with Gasteiger partial charge in [-0.3, -0.25) is 9.78 Å². The number of rotatable bonds is 7. The van der Waals surface area contributed by atoms with E-state index in [1.54, 1.807) is 6.20 Å². The lowest BCUT2D eigenvalue weighted by molar-refractivity contribution is -0.144. The first kappa shape index (κ1) is 18.4. The third-order valence-corrected chi connectivity index (χ3v) is 4.23. The molecule has 0 aliphatic carbocycles. The minimum Gasteiger partial charge on any atom is -0.468 e. The van der Waals surface area contributed by atoms with E-state index >= 15 is 0 Å². The summed E-state index contributed by atoms with van der Waals surface area (Å²) >= 11 is 0. The van der Waals surface area contributed by atoms with Gasteiger partial charge in [-0.2, -0.15) is 0 Å². The highest BCUT2D eigenvalue weighted by atomic mass is 16.5. The number of carbonyl (C=O) groups is 1. The second-order valence-corrected chi connectivity index (χ2v) is 6.06. The molecule has 0 spiro atoms. The van der Waals surface area contributed by atoms with Crippen molar-refractivity contribution in [2.75, 3.05) is 12.4 Å². The van der Waals surface area contributed by atoms with Gasteiger partial charge in [-0.25, -0.2) is 0 Å². The van der Waals surface area contributed by atoms with Gasteiger partial charge in [0.2, 0.25) is 0 Å². The van der Waals surface area contributed by atoms with Crippen LogP contribution in [0.4, 0.5) is 5.69 Å². The van der Waals surface area contributed by atoms with Crippen LogP contribution in [0.5, 0.6) is 0 Å². The largest absolute Gasteiger partial charge is 0.468 e. The Morgan fingerprint density at radius 1 is 0.963 bits per heavy atom. The fourth-order valence-corrected chi connectivity index (χ4v) is 2.86. The van der Waals surface area contributed by atoms with Crippen LogP contribution in [-0.4, -0.2) is 18.1 Å². The Balaban J connectivity index is 1.96. The molecule has 2 unspecified atom stereocenters. The Hall–Kier alpha value is -3.40. The molecule has 136 valence electrons. The Morgan fingerprint density at radius 3 is 2.26 bits per heavy atom. The predicted octanol–water partition coefficient (Wildman–Crippen LogP) is 4.74. The Labute approximate surface area is 159 Å². The van der Waals surface area contributed by atoms with Gasteiger partial charge in [-0.05, 0) is 29.8 Å². The van der Waals surface area contributed by atoms with E-state index < -0.39 is 5.92 Å². The molecule has 0 amide bonds. The molecule has 0 saturated heterocycles. The monoisotopic (exact) mass is 358 g/mol. The summed E-state index contributed by atoms with van der Waals surface area (Å²) in [6, 6.07) is 25.0. The lowest BCUT2D eigenvalue weighted by Gasteiger charge is -2.25. The number of nitrogens with zero attached hydrogens (tertiary/aromatic N) is 1. The van der Waals surface area contributed by atoms with Crippen molar-refractivity contribution in [1.29, 1.82) is 0 Å². The highest BCUT2D eigenvalue weighted by molar-refractivity contribution is 5.77. The number of anilines is 1. The number of ether oxygens (including phenoxy) is 1. The van der Waals surface area contributed by atoms with Crippen LogP contribution in [0.1, 0.15) is 17.3 Å². The van der Waals surface area contributed by atoms with Crippen molar-refractivity contribution in [3.05, 3.63) is 102 Å². The Morgan fingerprint density at radius 2 is 1.63 bits per heavy atom. The minimum absolute atomic E-state index is 0.318. The summed E-state index contributed by atoms with van der Waals surface area (Å²) in [6.07, 6.45) is 5.53. The van der Waals surface area contributed by atoms with Gasteiger partial charge in [0.05, 0.1) is 18.8 Å². The molecule has 1 N–H and O–H groups in total. The van der Waals surface area contributed by atoms with Crippen molar-refractivity contribution in [2.45, 2.75) is 6.04 Å². The first-order valence-corrected chi connectivity index (χ1v) is 8.81. The van der Waals surface area contributed by atoms with Crippen LogP contribution in [-0.2, 0) is 9.53 Å². The van der Waals surface area contributed by atoms with Gasteiger partial charge in [-0.1, -0.05) is 66.7 Å². The van der Waals surface area contributed by atoms with Gasteiger partial charge in [0.25, 0.3) is 0 Å². The van der Waals surface area contributed by atoms with Gasteiger partial charge in [0, 0.05) is 11.9 Å². The molecule has 1 aromatic heterocycles. The molecular weight excluding hydrogens is 336 g/mol. The molecule has 1 heterocycles.